The van der Waals surface area contributed by atoms with Gasteiger partial charge in [-0.2, -0.15) is 0 Å². The second-order valence-corrected chi connectivity index (χ2v) is 13.9. The van der Waals surface area contributed by atoms with Gasteiger partial charge in [-0.25, -0.2) is 4.68 Å². The SMILES string of the molecule is C=CCN(Cn1nnc2ccccc21)C(=O)C1N(CCCCO)C(=O)[C@@H]2[C@@H](C(=O)N(CC=C)c3ccc(OCC)cc3)[C@H]3CCC12S3. The zero-order chi connectivity index (χ0) is 33.1. The summed E-state index contributed by atoms with van der Waals surface area (Å²) in [4.78, 5) is 48.9. The summed E-state index contributed by atoms with van der Waals surface area (Å²) in [6.07, 6.45) is 5.82. The maximum Gasteiger partial charge on any atom is 0.248 e. The number of hydrogen-bond donors (Lipinski definition) is 1. The summed E-state index contributed by atoms with van der Waals surface area (Å²) < 4.78 is 6.54. The molecule has 11 nitrogen and oxygen atoms in total. The number of likely N-dealkylation sites (tertiary alicyclic amines) is 1. The van der Waals surface area contributed by atoms with Gasteiger partial charge in [-0.1, -0.05) is 29.5 Å². The molecule has 3 fully saturated rings. The van der Waals surface area contributed by atoms with E-state index in [2.05, 4.69) is 23.5 Å². The van der Waals surface area contributed by atoms with Gasteiger partial charge in [0.1, 0.15) is 24.0 Å². The van der Waals surface area contributed by atoms with E-state index in [1.165, 1.54) is 0 Å². The van der Waals surface area contributed by atoms with Crippen molar-refractivity contribution < 1.29 is 24.2 Å². The Morgan fingerprint density at radius 3 is 2.60 bits per heavy atom. The number of hydrogen-bond acceptors (Lipinski definition) is 8. The van der Waals surface area contributed by atoms with E-state index >= 15 is 0 Å². The van der Waals surface area contributed by atoms with E-state index < -0.39 is 22.6 Å². The number of unbranched alkanes of at least 4 members (excludes halogenated alkanes) is 1. The highest BCUT2D eigenvalue weighted by molar-refractivity contribution is 8.02. The van der Waals surface area contributed by atoms with Gasteiger partial charge in [0.05, 0.1) is 28.7 Å². The number of carbonyl (C=O) groups is 3. The fraction of sp³-hybridized carbons (Fsp3) is 0.457. The highest BCUT2D eigenvalue weighted by Crippen LogP contribution is 2.66. The van der Waals surface area contributed by atoms with Crippen molar-refractivity contribution in [2.75, 3.05) is 37.7 Å². The number of benzene rings is 2. The summed E-state index contributed by atoms with van der Waals surface area (Å²) in [5.41, 5.74) is 2.23. The Kier molecular flexibility index (Phi) is 9.70. The molecule has 1 N–H and O–H groups in total. The first kappa shape index (κ1) is 32.8. The number of thioether (sulfide) groups is 1. The Bertz CT molecular complexity index is 1640. The average molecular weight is 659 g/mol. The molecule has 47 heavy (non-hydrogen) atoms. The molecule has 4 heterocycles. The van der Waals surface area contributed by atoms with Crippen molar-refractivity contribution in [3.8, 4) is 5.75 Å². The van der Waals surface area contributed by atoms with Crippen molar-refractivity contribution in [1.82, 2.24) is 24.8 Å². The van der Waals surface area contributed by atoms with Crippen LogP contribution in [0.3, 0.4) is 0 Å². The maximum atomic E-state index is 14.8. The van der Waals surface area contributed by atoms with Crippen LogP contribution in [-0.4, -0.2) is 96.5 Å². The lowest BCUT2D eigenvalue weighted by Gasteiger charge is -2.37. The van der Waals surface area contributed by atoms with E-state index in [4.69, 9.17) is 4.74 Å². The van der Waals surface area contributed by atoms with Gasteiger partial charge in [0, 0.05) is 37.2 Å². The molecule has 6 rings (SSSR count). The smallest absolute Gasteiger partial charge is 0.248 e. The van der Waals surface area contributed by atoms with E-state index in [-0.39, 0.29) is 49.3 Å². The summed E-state index contributed by atoms with van der Waals surface area (Å²) in [5.74, 6) is -1.01. The standard InChI is InChI=1S/C35H42N6O5S/c1-4-19-38(23-41-27-12-8-7-11-26(27)36-37-41)34(45)31-35-18-17-28(47-35)29(30(35)33(44)40(31)21-9-10-22-42)32(43)39(20-5-2)24-13-15-25(16-14-24)46-6-3/h4-5,7-8,11-16,28-31,42H,1-2,6,9-10,17-23H2,3H3/t28-,29+,30+,31?,35?/m1/s1. The Hall–Kier alpha value is -4.16. The lowest BCUT2D eigenvalue weighted by molar-refractivity contribution is -0.143. The summed E-state index contributed by atoms with van der Waals surface area (Å²) in [6, 6.07) is 14.2. The number of aromatic nitrogens is 3. The molecule has 3 aliphatic heterocycles. The fourth-order valence-electron chi connectivity index (χ4n) is 7.60. The van der Waals surface area contributed by atoms with Crippen LogP contribution in [0.5, 0.6) is 5.75 Å². The van der Waals surface area contributed by atoms with Gasteiger partial charge < -0.3 is 24.5 Å². The van der Waals surface area contributed by atoms with Crippen LogP contribution in [0.25, 0.3) is 11.0 Å². The monoisotopic (exact) mass is 658 g/mol. The van der Waals surface area contributed by atoms with Crippen molar-refractivity contribution in [3.63, 3.8) is 0 Å². The normalized spacial score (nSPS) is 24.4. The van der Waals surface area contributed by atoms with Gasteiger partial charge in [0.25, 0.3) is 0 Å². The van der Waals surface area contributed by atoms with E-state index in [9.17, 15) is 19.5 Å². The first-order valence-electron chi connectivity index (χ1n) is 16.3. The van der Waals surface area contributed by atoms with Crippen LogP contribution in [-0.2, 0) is 21.1 Å². The number of anilines is 1. The molecule has 12 heteroatoms. The van der Waals surface area contributed by atoms with Crippen LogP contribution < -0.4 is 9.64 Å². The molecule has 0 radical (unpaired) electrons. The highest BCUT2D eigenvalue weighted by Gasteiger charge is 2.74. The Morgan fingerprint density at radius 2 is 1.87 bits per heavy atom. The molecule has 2 unspecified atom stereocenters. The zero-order valence-corrected chi connectivity index (χ0v) is 27.6. The number of aliphatic hydroxyl groups excluding tert-OH is 1. The minimum absolute atomic E-state index is 0.00624. The number of nitrogens with zero attached hydrogens (tertiary/aromatic N) is 6. The van der Waals surface area contributed by atoms with Crippen LogP contribution in [0.15, 0.2) is 73.8 Å². The van der Waals surface area contributed by atoms with Gasteiger partial charge in [0.15, 0.2) is 0 Å². The molecule has 2 aromatic carbocycles. The molecule has 1 spiro atoms. The van der Waals surface area contributed by atoms with Crippen LogP contribution in [0.4, 0.5) is 5.69 Å². The quantitative estimate of drug-likeness (QED) is 0.193. The molecule has 3 saturated heterocycles. The topological polar surface area (TPSA) is 121 Å². The van der Waals surface area contributed by atoms with Gasteiger partial charge in [-0.3, -0.25) is 14.4 Å². The third-order valence-corrected chi connectivity index (χ3v) is 11.5. The molecular formula is C35H42N6O5S. The first-order valence-corrected chi connectivity index (χ1v) is 17.2. The largest absolute Gasteiger partial charge is 0.494 e. The Morgan fingerprint density at radius 1 is 1.11 bits per heavy atom. The fourth-order valence-corrected chi connectivity index (χ4v) is 9.81. The number of carbonyl (C=O) groups excluding carboxylic acids is 3. The zero-order valence-electron chi connectivity index (χ0n) is 26.7. The van der Waals surface area contributed by atoms with Crippen LogP contribution in [0.1, 0.15) is 32.6 Å². The van der Waals surface area contributed by atoms with Crippen molar-refractivity contribution in [2.45, 2.75) is 55.3 Å². The van der Waals surface area contributed by atoms with Crippen molar-refractivity contribution >= 4 is 46.2 Å². The number of amides is 3. The number of aliphatic hydroxyl groups is 1. The number of rotatable bonds is 15. The third-order valence-electron chi connectivity index (χ3n) is 9.55. The van der Waals surface area contributed by atoms with Crippen LogP contribution in [0.2, 0.25) is 0 Å². The molecule has 3 amide bonds. The molecule has 0 aliphatic carbocycles. The Labute approximate surface area is 279 Å². The van der Waals surface area contributed by atoms with Crippen molar-refractivity contribution in [1.29, 1.82) is 0 Å². The summed E-state index contributed by atoms with van der Waals surface area (Å²) in [6.45, 7) is 11.3. The molecule has 5 atom stereocenters. The second kappa shape index (κ2) is 13.9. The number of fused-ring (bicyclic) bond motifs is 2. The third kappa shape index (κ3) is 5.82. The second-order valence-electron chi connectivity index (χ2n) is 12.3. The molecule has 3 aliphatic rings. The minimum atomic E-state index is -0.764. The molecule has 1 aromatic heterocycles. The lowest BCUT2D eigenvalue weighted by Crippen LogP contribution is -2.55. The predicted octanol–water partition coefficient (Wildman–Crippen LogP) is 3.89. The van der Waals surface area contributed by atoms with Gasteiger partial charge >= 0.3 is 0 Å². The number of ether oxygens (including phenoxy) is 1. The molecule has 248 valence electrons. The summed E-state index contributed by atoms with van der Waals surface area (Å²) in [7, 11) is 0. The predicted molar refractivity (Wildman–Crippen MR) is 182 cm³/mol. The van der Waals surface area contributed by atoms with E-state index in [0.717, 1.165) is 17.5 Å². The minimum Gasteiger partial charge on any atom is -0.494 e. The highest BCUT2D eigenvalue weighted by atomic mass is 32.2. The van der Waals surface area contributed by atoms with Crippen LogP contribution in [0, 0.1) is 11.8 Å². The first-order chi connectivity index (χ1) is 22.9. The molecule has 2 bridgehead atoms. The summed E-state index contributed by atoms with van der Waals surface area (Å²) >= 11 is 1.64. The average Bonchev–Trinajstić information content (AvgIpc) is 3.83. The van der Waals surface area contributed by atoms with E-state index in [1.54, 1.807) is 43.3 Å². The van der Waals surface area contributed by atoms with Crippen molar-refractivity contribution in [3.05, 3.63) is 73.8 Å². The Balaban J connectivity index is 1.34. The van der Waals surface area contributed by atoms with Gasteiger partial charge in [0.2, 0.25) is 17.7 Å². The lowest BCUT2D eigenvalue weighted by atomic mass is 9.70. The number of para-hydroxylation sites is 1. The molecule has 0 saturated carbocycles. The molecule has 3 aromatic rings. The van der Waals surface area contributed by atoms with E-state index in [1.807, 2.05) is 55.5 Å². The molecular weight excluding hydrogens is 616 g/mol. The maximum absolute atomic E-state index is 14.8. The van der Waals surface area contributed by atoms with Gasteiger partial charge in [-0.05, 0) is 69.0 Å². The van der Waals surface area contributed by atoms with Crippen LogP contribution >= 0.6 is 11.8 Å². The van der Waals surface area contributed by atoms with E-state index in [0.29, 0.717) is 43.9 Å². The van der Waals surface area contributed by atoms with Crippen molar-refractivity contribution in [2.24, 2.45) is 11.8 Å². The van der Waals surface area contributed by atoms with Gasteiger partial charge in [-0.15, -0.1) is 30.0 Å². The summed E-state index contributed by atoms with van der Waals surface area (Å²) in [5, 5.41) is 18.0.